The summed E-state index contributed by atoms with van der Waals surface area (Å²) in [5.74, 6) is -0.664. The normalized spacial score (nSPS) is 13.0. The molecule has 5 rings (SSSR count). The lowest BCUT2D eigenvalue weighted by molar-refractivity contribution is 0.591. The van der Waals surface area contributed by atoms with Crippen LogP contribution in [0.25, 0.3) is 42.6 Å². The largest absolute Gasteiger partial charge is 0.256 e. The molecule has 0 unspecified atom stereocenters. The molecule has 2 aromatic heterocycles. The Morgan fingerprint density at radius 1 is 0.875 bits per heavy atom. The van der Waals surface area contributed by atoms with E-state index >= 15 is 0 Å². The molecule has 0 fully saturated rings. The second-order valence-corrected chi connectivity index (χ2v) is 10.8. The predicted molar refractivity (Wildman–Crippen MR) is 141 cm³/mol. The van der Waals surface area contributed by atoms with Crippen LogP contribution < -0.4 is 0 Å². The first kappa shape index (κ1) is 19.7. The average Bonchev–Trinajstić information content (AvgIpc) is 3.17. The highest BCUT2D eigenvalue weighted by Gasteiger charge is 2.19. The molecule has 0 bridgehead atoms. The minimum absolute atomic E-state index is 0.102. The number of fused-ring (bicyclic) bond motifs is 3. The molecule has 0 atom stereocenters. The molecule has 5 aromatic rings. The summed E-state index contributed by atoms with van der Waals surface area (Å²) in [5.41, 5.74) is 6.97. The Kier molecular flexibility index (Phi) is 4.84. The standard InChI is InChI=1S/C30H29NS/c1-19(2)21-15-16-31-26(17-21)24-14-13-23(20-9-7-6-8-10-20)28-25-12-11-22(30(3,4)5)18-27(25)32-29(24)28/h6-19H,1-5H3/i19D. The fraction of sp³-hybridized carbons (Fsp3) is 0.233. The van der Waals surface area contributed by atoms with Crippen molar-refractivity contribution in [2.24, 2.45) is 0 Å². The van der Waals surface area contributed by atoms with Crippen LogP contribution >= 0.6 is 11.3 Å². The summed E-state index contributed by atoms with van der Waals surface area (Å²) in [5, 5.41) is 2.58. The molecule has 2 heteroatoms. The molecule has 0 radical (unpaired) electrons. The van der Waals surface area contributed by atoms with Gasteiger partial charge in [0, 0.05) is 33.3 Å². The first-order valence-electron chi connectivity index (χ1n) is 11.6. The summed E-state index contributed by atoms with van der Waals surface area (Å²) in [4.78, 5) is 4.73. The first-order chi connectivity index (χ1) is 15.6. The van der Waals surface area contributed by atoms with E-state index in [4.69, 9.17) is 6.35 Å². The molecular formula is C30H29NS. The lowest BCUT2D eigenvalue weighted by Crippen LogP contribution is -2.10. The minimum atomic E-state index is -0.664. The zero-order valence-corrected chi connectivity index (χ0v) is 20.2. The van der Waals surface area contributed by atoms with E-state index in [2.05, 4.69) is 87.5 Å². The zero-order valence-electron chi connectivity index (χ0n) is 20.4. The lowest BCUT2D eigenvalue weighted by atomic mass is 9.86. The Morgan fingerprint density at radius 2 is 1.62 bits per heavy atom. The maximum Gasteiger partial charge on any atom is 0.0719 e. The molecule has 0 amide bonds. The second kappa shape index (κ2) is 7.86. The molecular weight excluding hydrogens is 406 g/mol. The third-order valence-corrected chi connectivity index (χ3v) is 7.37. The van der Waals surface area contributed by atoms with Gasteiger partial charge in [-0.15, -0.1) is 11.3 Å². The molecule has 160 valence electrons. The highest BCUT2D eigenvalue weighted by molar-refractivity contribution is 7.26. The number of nitrogens with zero attached hydrogens (tertiary/aromatic N) is 1. The van der Waals surface area contributed by atoms with Crippen molar-refractivity contribution in [2.45, 2.75) is 45.9 Å². The van der Waals surface area contributed by atoms with Crippen molar-refractivity contribution in [1.82, 2.24) is 4.98 Å². The minimum Gasteiger partial charge on any atom is -0.256 e. The highest BCUT2D eigenvalue weighted by atomic mass is 32.1. The van der Waals surface area contributed by atoms with Gasteiger partial charge in [0.05, 0.1) is 5.69 Å². The van der Waals surface area contributed by atoms with Crippen molar-refractivity contribution in [3.8, 4) is 22.4 Å². The van der Waals surface area contributed by atoms with Crippen molar-refractivity contribution in [3.05, 3.63) is 90.1 Å². The van der Waals surface area contributed by atoms with Gasteiger partial charge in [-0.2, -0.15) is 0 Å². The van der Waals surface area contributed by atoms with Crippen LogP contribution in [0.2, 0.25) is 0 Å². The highest BCUT2D eigenvalue weighted by Crippen LogP contribution is 2.45. The van der Waals surface area contributed by atoms with Gasteiger partial charge in [-0.05, 0) is 51.8 Å². The molecule has 1 nitrogen and oxygen atoms in total. The van der Waals surface area contributed by atoms with Crippen molar-refractivity contribution in [3.63, 3.8) is 0 Å². The van der Waals surface area contributed by atoms with E-state index in [-0.39, 0.29) is 5.41 Å². The van der Waals surface area contributed by atoms with E-state index in [9.17, 15) is 0 Å². The third kappa shape index (κ3) is 3.63. The fourth-order valence-electron chi connectivity index (χ4n) is 4.29. The smallest absolute Gasteiger partial charge is 0.0719 e. The van der Waals surface area contributed by atoms with Crippen LogP contribution in [0.1, 0.15) is 53.0 Å². The predicted octanol–water partition coefficient (Wildman–Crippen LogP) is 9.20. The summed E-state index contributed by atoms with van der Waals surface area (Å²) in [6.07, 6.45) is 1.84. The molecule has 0 aliphatic heterocycles. The average molecular weight is 437 g/mol. The zero-order chi connectivity index (χ0) is 23.4. The topological polar surface area (TPSA) is 12.9 Å². The van der Waals surface area contributed by atoms with Gasteiger partial charge >= 0.3 is 0 Å². The van der Waals surface area contributed by atoms with Gasteiger partial charge in [0.25, 0.3) is 0 Å². The van der Waals surface area contributed by atoms with Gasteiger partial charge in [0.2, 0.25) is 0 Å². The molecule has 0 aliphatic rings. The van der Waals surface area contributed by atoms with E-state index in [1.165, 1.54) is 36.9 Å². The maximum atomic E-state index is 8.49. The van der Waals surface area contributed by atoms with Crippen LogP contribution in [0, 0.1) is 0 Å². The molecule has 32 heavy (non-hydrogen) atoms. The number of aromatic nitrogens is 1. The van der Waals surface area contributed by atoms with E-state index in [0.29, 0.717) is 0 Å². The Morgan fingerprint density at radius 3 is 2.34 bits per heavy atom. The summed E-state index contributed by atoms with van der Waals surface area (Å²) in [6.45, 7) is 10.6. The van der Waals surface area contributed by atoms with Gasteiger partial charge in [0.15, 0.2) is 0 Å². The number of benzene rings is 3. The Balaban J connectivity index is 1.84. The Labute approximate surface area is 196 Å². The lowest BCUT2D eigenvalue weighted by Gasteiger charge is -2.18. The van der Waals surface area contributed by atoms with Crippen LogP contribution in [0.3, 0.4) is 0 Å². The SMILES string of the molecule is [2H]C(C)(C)c1ccnc(-c2ccc(-c3ccccc3)c3c2sc2cc(C(C)(C)C)ccc23)c1. The van der Waals surface area contributed by atoms with Crippen LogP contribution in [-0.4, -0.2) is 4.98 Å². The Bertz CT molecular complexity index is 1470. The fourth-order valence-corrected chi connectivity index (χ4v) is 5.59. The molecule has 0 N–H and O–H groups in total. The van der Waals surface area contributed by atoms with E-state index in [1.807, 2.05) is 37.4 Å². The second-order valence-electron chi connectivity index (χ2n) is 9.72. The van der Waals surface area contributed by atoms with Crippen molar-refractivity contribution in [2.75, 3.05) is 0 Å². The van der Waals surface area contributed by atoms with E-state index in [1.54, 1.807) is 0 Å². The summed E-state index contributed by atoms with van der Waals surface area (Å²) in [6, 6.07) is 26.0. The summed E-state index contributed by atoms with van der Waals surface area (Å²) in [7, 11) is 0. The molecule has 0 spiro atoms. The molecule has 2 heterocycles. The van der Waals surface area contributed by atoms with Crippen LogP contribution in [0.15, 0.2) is 79.0 Å². The van der Waals surface area contributed by atoms with Crippen LogP contribution in [-0.2, 0) is 5.41 Å². The monoisotopic (exact) mass is 436 g/mol. The number of hydrogen-bond acceptors (Lipinski definition) is 2. The molecule has 0 saturated carbocycles. The molecule has 0 aliphatic carbocycles. The van der Waals surface area contributed by atoms with Gasteiger partial charge in [-0.3, -0.25) is 4.98 Å². The number of hydrogen-bond donors (Lipinski definition) is 0. The molecule has 3 aromatic carbocycles. The Hall–Kier alpha value is -2.97. The van der Waals surface area contributed by atoms with E-state index < -0.39 is 5.89 Å². The number of thiophene rings is 1. The van der Waals surface area contributed by atoms with Crippen molar-refractivity contribution >= 4 is 31.5 Å². The summed E-state index contributed by atoms with van der Waals surface area (Å²) >= 11 is 1.85. The number of rotatable bonds is 3. The third-order valence-electron chi connectivity index (χ3n) is 6.18. The maximum absolute atomic E-state index is 8.49. The van der Waals surface area contributed by atoms with Crippen molar-refractivity contribution < 1.29 is 1.37 Å². The van der Waals surface area contributed by atoms with Gasteiger partial charge in [-0.1, -0.05) is 89.2 Å². The van der Waals surface area contributed by atoms with Gasteiger partial charge in [0.1, 0.15) is 0 Å². The van der Waals surface area contributed by atoms with Gasteiger partial charge in [-0.25, -0.2) is 0 Å². The van der Waals surface area contributed by atoms with Gasteiger partial charge < -0.3 is 0 Å². The van der Waals surface area contributed by atoms with E-state index in [0.717, 1.165) is 16.8 Å². The molecule has 0 saturated heterocycles. The first-order valence-corrected chi connectivity index (χ1v) is 12.0. The number of pyridine rings is 1. The summed E-state index contributed by atoms with van der Waals surface area (Å²) < 4.78 is 11.0. The quantitative estimate of drug-likeness (QED) is 0.275. The van der Waals surface area contributed by atoms with Crippen LogP contribution in [0.4, 0.5) is 0 Å². The van der Waals surface area contributed by atoms with Crippen molar-refractivity contribution in [1.29, 1.82) is 0 Å². The van der Waals surface area contributed by atoms with Crippen LogP contribution in [0.5, 0.6) is 0 Å².